The van der Waals surface area contributed by atoms with E-state index >= 15 is 0 Å². The van der Waals surface area contributed by atoms with E-state index in [1.807, 2.05) is 0 Å². The summed E-state index contributed by atoms with van der Waals surface area (Å²) in [5.74, 6) is -2.63. The third-order valence-electron chi connectivity index (χ3n) is 0.889. The van der Waals surface area contributed by atoms with Gasteiger partial charge in [-0.3, -0.25) is 14.2 Å². The van der Waals surface area contributed by atoms with Gasteiger partial charge in [0.2, 0.25) is 0 Å². The van der Waals surface area contributed by atoms with E-state index in [0.29, 0.717) is 0 Å². The topological polar surface area (TPSA) is 136 Å². The quantitative estimate of drug-likeness (QED) is 0.333. The molecule has 0 aromatic carbocycles. The van der Waals surface area contributed by atoms with Gasteiger partial charge in [-0.05, 0) is 0 Å². The first kappa shape index (κ1) is 12.0. The third-order valence-corrected chi connectivity index (χ3v) is 2.06. The van der Waals surface area contributed by atoms with E-state index in [2.05, 4.69) is 0 Å². The summed E-state index contributed by atoms with van der Waals surface area (Å²) < 4.78 is 10.8. The van der Waals surface area contributed by atoms with Crippen molar-refractivity contribution in [1.82, 2.24) is 10.2 Å². The Balaban J connectivity index is 3.87. The van der Waals surface area contributed by atoms with Gasteiger partial charge >= 0.3 is 19.6 Å². The maximum atomic E-state index is 10.8. The number of rotatable bonds is 6. The van der Waals surface area contributed by atoms with E-state index < -0.39 is 32.7 Å². The third kappa shape index (κ3) is 7.41. The lowest BCUT2D eigenvalue weighted by molar-refractivity contribution is -0.136. The number of aliphatic carboxylic acids is 2. The summed E-state index contributed by atoms with van der Waals surface area (Å²) in [6.07, 6.45) is 0. The number of nitrogens with one attached hydrogen (secondary N) is 2. The summed E-state index contributed by atoms with van der Waals surface area (Å²) in [6.45, 7) is -1.44. The summed E-state index contributed by atoms with van der Waals surface area (Å²) in [5, 5.41) is 19.7. The Labute approximate surface area is 73.1 Å². The van der Waals surface area contributed by atoms with Crippen molar-refractivity contribution in [2.24, 2.45) is 0 Å². The van der Waals surface area contributed by atoms with Crippen molar-refractivity contribution < 1.29 is 29.3 Å². The molecule has 0 aliphatic heterocycles. The molecule has 0 spiro atoms. The second-order valence-corrected chi connectivity index (χ2v) is 3.82. The molecular weight excluding hydrogens is 203 g/mol. The van der Waals surface area contributed by atoms with E-state index in [1.165, 1.54) is 0 Å². The van der Waals surface area contributed by atoms with E-state index in [1.54, 1.807) is 10.2 Å². The zero-order chi connectivity index (χ0) is 10.5. The first-order chi connectivity index (χ1) is 5.83. The van der Waals surface area contributed by atoms with E-state index in [0.717, 1.165) is 0 Å². The molecule has 0 unspecified atom stereocenters. The van der Waals surface area contributed by atoms with Gasteiger partial charge in [0.25, 0.3) is 0 Å². The predicted octanol–water partition coefficient (Wildman–Crippen LogP) is -1.56. The highest BCUT2D eigenvalue weighted by molar-refractivity contribution is 7.53. The second kappa shape index (κ2) is 4.93. The lowest BCUT2D eigenvalue weighted by atomic mass is 10.7. The van der Waals surface area contributed by atoms with Gasteiger partial charge in [-0.1, -0.05) is 0 Å². The van der Waals surface area contributed by atoms with Gasteiger partial charge in [-0.2, -0.15) is 0 Å². The normalized spacial score (nSPS) is 11.2. The Morgan fingerprint density at radius 3 is 1.62 bits per heavy atom. The molecule has 0 saturated carbocycles. The molecule has 9 heteroatoms. The average Bonchev–Trinajstić information content (AvgIpc) is 1.98. The molecule has 0 aromatic heterocycles. The maximum absolute atomic E-state index is 10.8. The number of carboxylic acids is 2. The Morgan fingerprint density at radius 2 is 1.38 bits per heavy atom. The lowest BCUT2D eigenvalue weighted by Crippen LogP contribution is -2.29. The first-order valence-corrected chi connectivity index (χ1v) is 4.76. The molecule has 0 aliphatic carbocycles. The number of carbonyl (C=O) groups is 2. The van der Waals surface area contributed by atoms with Gasteiger partial charge in [0.05, 0.1) is 0 Å². The fraction of sp³-hybridized carbons (Fsp3) is 0.500. The van der Waals surface area contributed by atoms with Crippen LogP contribution >= 0.6 is 7.67 Å². The number of hydrogen-bond acceptors (Lipinski definition) is 3. The van der Waals surface area contributed by atoms with Crippen LogP contribution < -0.4 is 10.2 Å². The predicted molar refractivity (Wildman–Crippen MR) is 41.1 cm³/mol. The Bertz CT molecular complexity index is 231. The summed E-state index contributed by atoms with van der Waals surface area (Å²) in [7, 11) is -4.06. The summed E-state index contributed by atoms with van der Waals surface area (Å²) in [5.41, 5.74) is 0. The van der Waals surface area contributed by atoms with Crippen molar-refractivity contribution in [1.29, 1.82) is 0 Å². The molecule has 0 amide bonds. The standard InChI is InChI=1S/C4H9N2O6P/c7-3(8)1-5-13(11,12)6-2-4(9)10/h1-2H2,(H,7,8)(H,9,10)(H3,5,6,11,12). The van der Waals surface area contributed by atoms with Crippen LogP contribution in [0.4, 0.5) is 0 Å². The van der Waals surface area contributed by atoms with E-state index in [9.17, 15) is 14.2 Å². The van der Waals surface area contributed by atoms with Gasteiger partial charge in [-0.25, -0.2) is 10.2 Å². The van der Waals surface area contributed by atoms with Gasteiger partial charge < -0.3 is 15.1 Å². The van der Waals surface area contributed by atoms with Crippen LogP contribution in [0.3, 0.4) is 0 Å². The molecule has 0 rings (SSSR count). The van der Waals surface area contributed by atoms with Crippen LogP contribution in [-0.4, -0.2) is 40.1 Å². The fourth-order valence-corrected chi connectivity index (χ4v) is 1.22. The van der Waals surface area contributed by atoms with E-state index in [4.69, 9.17) is 15.1 Å². The zero-order valence-electron chi connectivity index (χ0n) is 6.43. The SMILES string of the molecule is O=C(O)CNP(=O)(O)NCC(=O)O. The summed E-state index contributed by atoms with van der Waals surface area (Å²) in [4.78, 5) is 28.7. The smallest absolute Gasteiger partial charge is 0.339 e. The van der Waals surface area contributed by atoms with Crippen molar-refractivity contribution in [3.63, 3.8) is 0 Å². The minimum Gasteiger partial charge on any atom is -0.480 e. The van der Waals surface area contributed by atoms with Gasteiger partial charge in [0.1, 0.15) is 13.1 Å². The summed E-state index contributed by atoms with van der Waals surface area (Å²) in [6, 6.07) is 0. The largest absolute Gasteiger partial charge is 0.480 e. The van der Waals surface area contributed by atoms with Crippen molar-refractivity contribution in [2.75, 3.05) is 13.1 Å². The molecule has 0 aliphatic rings. The molecule has 0 saturated heterocycles. The highest BCUT2D eigenvalue weighted by atomic mass is 31.2. The van der Waals surface area contributed by atoms with Crippen LogP contribution in [0.15, 0.2) is 0 Å². The van der Waals surface area contributed by atoms with Crippen LogP contribution in [0.1, 0.15) is 0 Å². The molecule has 0 fully saturated rings. The van der Waals surface area contributed by atoms with Crippen molar-refractivity contribution in [2.45, 2.75) is 0 Å². The van der Waals surface area contributed by atoms with Gasteiger partial charge in [-0.15, -0.1) is 0 Å². The molecule has 0 atom stereocenters. The highest BCUT2D eigenvalue weighted by Gasteiger charge is 2.18. The van der Waals surface area contributed by atoms with Crippen molar-refractivity contribution in [3.05, 3.63) is 0 Å². The van der Waals surface area contributed by atoms with Crippen LogP contribution in [-0.2, 0) is 14.2 Å². The molecule has 13 heavy (non-hydrogen) atoms. The Morgan fingerprint density at radius 1 is 1.08 bits per heavy atom. The first-order valence-electron chi connectivity index (χ1n) is 3.10. The van der Waals surface area contributed by atoms with Crippen molar-refractivity contribution in [3.8, 4) is 0 Å². The molecule has 8 nitrogen and oxygen atoms in total. The molecular formula is C4H9N2O6P. The molecule has 0 heterocycles. The maximum Gasteiger partial charge on any atom is 0.339 e. The van der Waals surface area contributed by atoms with Crippen molar-refractivity contribution >= 4 is 19.6 Å². The zero-order valence-corrected chi connectivity index (χ0v) is 7.32. The van der Waals surface area contributed by atoms with E-state index in [-0.39, 0.29) is 0 Å². The molecule has 76 valence electrons. The molecule has 5 N–H and O–H groups in total. The number of carboxylic acid groups (broad SMARTS) is 2. The Kier molecular flexibility index (Phi) is 4.57. The average molecular weight is 212 g/mol. The van der Waals surface area contributed by atoms with Gasteiger partial charge in [0, 0.05) is 0 Å². The number of hydrogen-bond donors (Lipinski definition) is 5. The van der Waals surface area contributed by atoms with Gasteiger partial charge in [0.15, 0.2) is 0 Å². The molecule has 0 radical (unpaired) electrons. The summed E-state index contributed by atoms with van der Waals surface area (Å²) >= 11 is 0. The van der Waals surface area contributed by atoms with Crippen LogP contribution in [0.25, 0.3) is 0 Å². The highest BCUT2D eigenvalue weighted by Crippen LogP contribution is 2.27. The fourth-order valence-electron chi connectivity index (χ4n) is 0.405. The molecule has 0 aromatic rings. The minimum absolute atomic E-state index is 0.722. The van der Waals surface area contributed by atoms with Crippen LogP contribution in [0.5, 0.6) is 0 Å². The minimum atomic E-state index is -4.06. The second-order valence-electron chi connectivity index (χ2n) is 2.03. The van der Waals surface area contributed by atoms with Crippen LogP contribution in [0.2, 0.25) is 0 Å². The Hall–Kier alpha value is -0.950. The monoisotopic (exact) mass is 212 g/mol. The molecule has 0 bridgehead atoms. The lowest BCUT2D eigenvalue weighted by Gasteiger charge is -2.10. The van der Waals surface area contributed by atoms with Crippen LogP contribution in [0, 0.1) is 0 Å².